The summed E-state index contributed by atoms with van der Waals surface area (Å²) in [5.41, 5.74) is -1.88. The molecule has 1 aliphatic heterocycles. The van der Waals surface area contributed by atoms with Crippen molar-refractivity contribution in [2.45, 2.75) is 11.0 Å². The summed E-state index contributed by atoms with van der Waals surface area (Å²) in [6, 6.07) is 31.5. The number of halogens is 3. The highest BCUT2D eigenvalue weighted by molar-refractivity contribution is 7.86. The monoisotopic (exact) mass is 504 g/mol. The molecule has 1 N–H and O–H groups in total. The molecule has 0 unspecified atom stereocenters. The predicted octanol–water partition coefficient (Wildman–Crippen LogP) is 4.62. The van der Waals surface area contributed by atoms with Crippen LogP contribution in [0.25, 0.3) is 0 Å². The van der Waals surface area contributed by atoms with E-state index >= 15 is 0 Å². The van der Waals surface area contributed by atoms with Gasteiger partial charge in [0.15, 0.2) is 6.29 Å². The molecule has 3 aromatic carbocycles. The lowest BCUT2D eigenvalue weighted by Gasteiger charge is -2.44. The van der Waals surface area contributed by atoms with E-state index in [0.717, 1.165) is 6.29 Å². The molecule has 0 atom stereocenters. The van der Waals surface area contributed by atoms with E-state index in [1.165, 1.54) is 16.7 Å². The molecule has 0 amide bonds. The minimum atomic E-state index is -5.84. The van der Waals surface area contributed by atoms with Crippen LogP contribution in [0.5, 0.6) is 0 Å². The van der Waals surface area contributed by atoms with Crippen LogP contribution in [0.1, 0.15) is 16.7 Å². The Bertz CT molecular complexity index is 1170. The molecule has 1 heterocycles. The summed E-state index contributed by atoms with van der Waals surface area (Å²) in [4.78, 5) is 15.8. The summed E-state index contributed by atoms with van der Waals surface area (Å²) >= 11 is 0. The minimum absolute atomic E-state index is 0.525. The standard InChI is InChI=1S/C24H22N2O.CHF3O3S/c1-25-19-26(17-23(25)18-27)24(20-11-5-2-6-12-20,21-13-7-3-8-14-21)22-15-9-4-10-16-22;2-1(3,4)8(5,6)7/h2-18H,19H2,1H3;(H,5,6,7). The number of aldehydes is 1. The zero-order valence-electron chi connectivity index (χ0n) is 18.6. The fourth-order valence-corrected chi connectivity index (χ4v) is 3.97. The Morgan fingerprint density at radius 1 is 0.800 bits per heavy atom. The van der Waals surface area contributed by atoms with Crippen molar-refractivity contribution >= 4 is 16.4 Å². The van der Waals surface area contributed by atoms with E-state index < -0.39 is 21.2 Å². The van der Waals surface area contributed by atoms with Crippen molar-refractivity contribution in [2.75, 3.05) is 13.7 Å². The Labute approximate surface area is 201 Å². The highest BCUT2D eigenvalue weighted by Crippen LogP contribution is 2.44. The van der Waals surface area contributed by atoms with Gasteiger partial charge < -0.3 is 9.80 Å². The number of nitrogens with zero attached hydrogens (tertiary/aromatic N) is 2. The van der Waals surface area contributed by atoms with Crippen molar-refractivity contribution in [3.8, 4) is 0 Å². The van der Waals surface area contributed by atoms with E-state index in [4.69, 9.17) is 13.0 Å². The third-order valence-corrected chi connectivity index (χ3v) is 6.10. The smallest absolute Gasteiger partial charge is 0.353 e. The maximum absolute atomic E-state index is 11.6. The van der Waals surface area contributed by atoms with Crippen LogP contribution < -0.4 is 0 Å². The molecule has 4 rings (SSSR count). The SMILES string of the molecule is CN1CN(C(c2ccccc2)(c2ccccc2)c2ccccc2)C=C1C=O.O=S(=O)(O)C(F)(F)F. The molecule has 0 saturated heterocycles. The Morgan fingerprint density at radius 2 is 1.14 bits per heavy atom. The molecule has 0 fully saturated rings. The summed E-state index contributed by atoms with van der Waals surface area (Å²) in [6.07, 6.45) is 2.89. The van der Waals surface area contributed by atoms with Crippen molar-refractivity contribution < 1.29 is 30.9 Å². The van der Waals surface area contributed by atoms with Gasteiger partial charge in [0.25, 0.3) is 0 Å². The lowest BCUT2D eigenvalue weighted by molar-refractivity contribution is -0.105. The number of carbonyl (C=O) groups excluding carboxylic acids is 1. The molecule has 0 radical (unpaired) electrons. The third-order valence-electron chi connectivity index (χ3n) is 5.51. The Kier molecular flexibility index (Phi) is 7.67. The maximum atomic E-state index is 11.6. The largest absolute Gasteiger partial charge is 0.522 e. The summed E-state index contributed by atoms with van der Waals surface area (Å²) < 4.78 is 57.5. The van der Waals surface area contributed by atoms with Crippen LogP contribution in [0.15, 0.2) is 103 Å². The number of hydrogen-bond donors (Lipinski definition) is 1. The van der Waals surface area contributed by atoms with Gasteiger partial charge in [0.1, 0.15) is 5.54 Å². The second kappa shape index (κ2) is 10.3. The minimum Gasteiger partial charge on any atom is -0.353 e. The summed E-state index contributed by atoms with van der Waals surface area (Å²) in [5, 5.41) is 0. The molecule has 0 aliphatic carbocycles. The van der Waals surface area contributed by atoms with Crippen molar-refractivity contribution in [2.24, 2.45) is 0 Å². The number of allylic oxidation sites excluding steroid dienone is 1. The van der Waals surface area contributed by atoms with Crippen LogP contribution in [0.2, 0.25) is 0 Å². The second-order valence-electron chi connectivity index (χ2n) is 7.71. The second-order valence-corrected chi connectivity index (χ2v) is 9.12. The summed E-state index contributed by atoms with van der Waals surface area (Å²) in [7, 11) is -3.89. The van der Waals surface area contributed by atoms with E-state index in [1.54, 1.807) is 0 Å². The lowest BCUT2D eigenvalue weighted by Crippen LogP contribution is -2.46. The van der Waals surface area contributed by atoms with E-state index in [-0.39, 0.29) is 0 Å². The molecule has 0 spiro atoms. The van der Waals surface area contributed by atoms with Gasteiger partial charge in [0, 0.05) is 13.2 Å². The van der Waals surface area contributed by atoms with E-state index in [1.807, 2.05) is 36.3 Å². The molecule has 0 bridgehead atoms. The van der Waals surface area contributed by atoms with E-state index in [2.05, 4.69) is 77.7 Å². The van der Waals surface area contributed by atoms with Crippen LogP contribution in [-0.4, -0.2) is 48.3 Å². The predicted molar refractivity (Wildman–Crippen MR) is 125 cm³/mol. The van der Waals surface area contributed by atoms with Crippen molar-refractivity contribution in [1.82, 2.24) is 9.80 Å². The topological polar surface area (TPSA) is 77.9 Å². The molecular weight excluding hydrogens is 481 g/mol. The average molecular weight is 505 g/mol. The first-order chi connectivity index (χ1) is 16.5. The molecule has 0 aromatic heterocycles. The molecule has 10 heteroatoms. The molecule has 3 aromatic rings. The number of hydrogen-bond acceptors (Lipinski definition) is 5. The number of likely N-dealkylation sites (N-methyl/N-ethyl adjacent to an activating group) is 1. The molecule has 35 heavy (non-hydrogen) atoms. The van der Waals surface area contributed by atoms with Gasteiger partial charge in [-0.3, -0.25) is 9.35 Å². The number of alkyl halides is 3. The van der Waals surface area contributed by atoms with Crippen LogP contribution in [0.3, 0.4) is 0 Å². The normalized spacial score (nSPS) is 14.1. The summed E-state index contributed by atoms with van der Waals surface area (Å²) in [6.45, 7) is 0.632. The van der Waals surface area contributed by atoms with E-state index in [0.29, 0.717) is 12.4 Å². The Balaban J connectivity index is 0.000000371. The first-order valence-electron chi connectivity index (χ1n) is 10.4. The molecule has 184 valence electrons. The zero-order valence-corrected chi connectivity index (χ0v) is 19.4. The van der Waals surface area contributed by atoms with Gasteiger partial charge in [-0.15, -0.1) is 0 Å². The van der Waals surface area contributed by atoms with E-state index in [9.17, 15) is 18.0 Å². The highest BCUT2D eigenvalue weighted by Gasteiger charge is 2.45. The van der Waals surface area contributed by atoms with Gasteiger partial charge in [-0.05, 0) is 16.7 Å². The molecule has 6 nitrogen and oxygen atoms in total. The maximum Gasteiger partial charge on any atom is 0.522 e. The van der Waals surface area contributed by atoms with Crippen molar-refractivity contribution in [1.29, 1.82) is 0 Å². The van der Waals surface area contributed by atoms with Crippen LogP contribution in [-0.2, 0) is 20.5 Å². The highest BCUT2D eigenvalue weighted by atomic mass is 32.2. The van der Waals surface area contributed by atoms with Crippen molar-refractivity contribution in [3.05, 3.63) is 120 Å². The fourth-order valence-electron chi connectivity index (χ4n) is 3.97. The number of rotatable bonds is 5. The van der Waals surface area contributed by atoms with Gasteiger partial charge in [-0.25, -0.2) is 0 Å². The Hall–Kier alpha value is -3.63. The van der Waals surface area contributed by atoms with Gasteiger partial charge >= 0.3 is 15.6 Å². The van der Waals surface area contributed by atoms with Crippen LogP contribution >= 0.6 is 0 Å². The van der Waals surface area contributed by atoms with Gasteiger partial charge in [0.2, 0.25) is 0 Å². The van der Waals surface area contributed by atoms with Gasteiger partial charge in [-0.2, -0.15) is 21.6 Å². The first-order valence-corrected chi connectivity index (χ1v) is 11.8. The number of carbonyl (C=O) groups is 1. The van der Waals surface area contributed by atoms with Gasteiger partial charge in [0.05, 0.1) is 12.4 Å². The van der Waals surface area contributed by atoms with Crippen LogP contribution in [0.4, 0.5) is 13.2 Å². The zero-order chi connectivity index (χ0) is 25.7. The summed E-state index contributed by atoms with van der Waals surface area (Å²) in [5.74, 6) is 0. The average Bonchev–Trinajstić information content (AvgIpc) is 3.21. The van der Waals surface area contributed by atoms with Crippen LogP contribution in [0, 0.1) is 0 Å². The first kappa shape index (κ1) is 26.0. The fraction of sp³-hybridized carbons (Fsp3) is 0.160. The molecule has 1 aliphatic rings. The lowest BCUT2D eigenvalue weighted by atomic mass is 9.76. The van der Waals surface area contributed by atoms with Gasteiger partial charge in [-0.1, -0.05) is 91.0 Å². The third kappa shape index (κ3) is 5.39. The Morgan fingerprint density at radius 3 is 1.40 bits per heavy atom. The quantitative estimate of drug-likeness (QED) is 0.237. The van der Waals surface area contributed by atoms with Crippen molar-refractivity contribution in [3.63, 3.8) is 0 Å². The molecular formula is C25H23F3N2O4S. The number of benzene rings is 3. The molecule has 0 saturated carbocycles.